The van der Waals surface area contributed by atoms with Crippen molar-refractivity contribution in [2.24, 2.45) is 23.7 Å². The maximum atomic E-state index is 11.9. The van der Waals surface area contributed by atoms with Crippen LogP contribution in [0.4, 0.5) is 0 Å². The number of fused-ring (bicyclic) bond motifs is 5. The number of likely N-dealkylation sites (tertiary alicyclic amines) is 1. The molecule has 2 aliphatic carbocycles. The lowest BCUT2D eigenvalue weighted by molar-refractivity contribution is -0.149. The molecule has 1 aliphatic heterocycles. The summed E-state index contributed by atoms with van der Waals surface area (Å²) in [5.74, 6) is -2.02. The lowest BCUT2D eigenvalue weighted by atomic mass is 9.85. The maximum absolute atomic E-state index is 11.9. The van der Waals surface area contributed by atoms with Gasteiger partial charge in [-0.05, 0) is 18.3 Å². The fraction of sp³-hybridized carbons (Fsp3) is 0.545. The molecule has 0 radical (unpaired) electrons. The lowest BCUT2D eigenvalue weighted by Crippen LogP contribution is -2.37. The summed E-state index contributed by atoms with van der Waals surface area (Å²) in [7, 11) is 0. The first-order valence-corrected chi connectivity index (χ1v) is 5.35. The molecular formula is C11H11NO4. The molecule has 0 aromatic heterocycles. The van der Waals surface area contributed by atoms with Crippen LogP contribution in [0.2, 0.25) is 0 Å². The molecule has 4 atom stereocenters. The summed E-state index contributed by atoms with van der Waals surface area (Å²) < 4.78 is 0. The molecule has 0 spiro atoms. The Morgan fingerprint density at radius 1 is 1.25 bits per heavy atom. The topological polar surface area (TPSA) is 74.7 Å². The van der Waals surface area contributed by atoms with Crippen LogP contribution < -0.4 is 0 Å². The number of amides is 2. The first-order valence-electron chi connectivity index (χ1n) is 5.35. The van der Waals surface area contributed by atoms with Crippen molar-refractivity contribution in [3.05, 3.63) is 12.2 Å². The van der Waals surface area contributed by atoms with Gasteiger partial charge in [0.15, 0.2) is 0 Å². The second kappa shape index (κ2) is 2.93. The van der Waals surface area contributed by atoms with Gasteiger partial charge in [0.05, 0.1) is 11.8 Å². The van der Waals surface area contributed by atoms with Crippen molar-refractivity contribution in [1.29, 1.82) is 0 Å². The highest BCUT2D eigenvalue weighted by Gasteiger charge is 2.59. The summed E-state index contributed by atoms with van der Waals surface area (Å²) in [6.07, 6.45) is 4.84. The van der Waals surface area contributed by atoms with Crippen molar-refractivity contribution in [2.75, 3.05) is 6.54 Å². The van der Waals surface area contributed by atoms with Crippen molar-refractivity contribution in [3.8, 4) is 0 Å². The smallest absolute Gasteiger partial charge is 0.323 e. The Balaban J connectivity index is 1.91. The highest BCUT2D eigenvalue weighted by atomic mass is 16.4. The third-order valence-electron chi connectivity index (χ3n) is 3.86. The number of hydrogen-bond acceptors (Lipinski definition) is 3. The normalized spacial score (nSPS) is 39.6. The second-order valence-corrected chi connectivity index (χ2v) is 4.66. The third-order valence-corrected chi connectivity index (χ3v) is 3.86. The van der Waals surface area contributed by atoms with Gasteiger partial charge in [-0.3, -0.25) is 19.3 Å². The number of hydrogen-bond donors (Lipinski definition) is 1. The summed E-state index contributed by atoms with van der Waals surface area (Å²) in [6.45, 7) is -0.496. The van der Waals surface area contributed by atoms with E-state index in [-0.39, 0.29) is 35.5 Å². The number of carbonyl (C=O) groups excluding carboxylic acids is 2. The lowest BCUT2D eigenvalue weighted by Gasteiger charge is -2.14. The Morgan fingerprint density at radius 2 is 1.75 bits per heavy atom. The molecule has 5 heteroatoms. The van der Waals surface area contributed by atoms with Gasteiger partial charge in [-0.2, -0.15) is 0 Å². The van der Waals surface area contributed by atoms with Crippen LogP contribution in [0.15, 0.2) is 12.2 Å². The maximum Gasteiger partial charge on any atom is 0.323 e. The van der Waals surface area contributed by atoms with Crippen LogP contribution in [0.3, 0.4) is 0 Å². The Kier molecular flexibility index (Phi) is 1.75. The van der Waals surface area contributed by atoms with E-state index >= 15 is 0 Å². The molecule has 3 aliphatic rings. The van der Waals surface area contributed by atoms with Gasteiger partial charge in [0.25, 0.3) is 0 Å². The molecule has 0 aromatic carbocycles. The monoisotopic (exact) mass is 221 g/mol. The van der Waals surface area contributed by atoms with Gasteiger partial charge in [0, 0.05) is 0 Å². The van der Waals surface area contributed by atoms with E-state index in [1.54, 1.807) is 0 Å². The van der Waals surface area contributed by atoms with E-state index in [0.29, 0.717) is 0 Å². The van der Waals surface area contributed by atoms with Crippen molar-refractivity contribution in [2.45, 2.75) is 6.42 Å². The highest BCUT2D eigenvalue weighted by Crippen LogP contribution is 2.52. The number of imide groups is 1. The van der Waals surface area contributed by atoms with Gasteiger partial charge >= 0.3 is 5.97 Å². The summed E-state index contributed by atoms with van der Waals surface area (Å²) >= 11 is 0. The Labute approximate surface area is 91.7 Å². The van der Waals surface area contributed by atoms with E-state index in [1.165, 1.54) is 0 Å². The van der Waals surface area contributed by atoms with E-state index in [4.69, 9.17) is 5.11 Å². The molecule has 1 saturated heterocycles. The zero-order valence-electron chi connectivity index (χ0n) is 8.50. The number of carboxylic acids is 1. The van der Waals surface area contributed by atoms with Gasteiger partial charge in [-0.15, -0.1) is 0 Å². The van der Waals surface area contributed by atoms with Crippen molar-refractivity contribution in [1.82, 2.24) is 4.90 Å². The number of aliphatic carboxylic acids is 1. The van der Waals surface area contributed by atoms with Gasteiger partial charge in [-0.25, -0.2) is 0 Å². The fourth-order valence-electron chi connectivity index (χ4n) is 3.26. The minimum atomic E-state index is -1.14. The number of carbonyl (C=O) groups is 3. The van der Waals surface area contributed by atoms with Crippen LogP contribution in [0.5, 0.6) is 0 Å². The summed E-state index contributed by atoms with van der Waals surface area (Å²) in [6, 6.07) is 0. The zero-order chi connectivity index (χ0) is 11.4. The van der Waals surface area contributed by atoms with Gasteiger partial charge in [0.2, 0.25) is 11.8 Å². The molecule has 5 nitrogen and oxygen atoms in total. The second-order valence-electron chi connectivity index (χ2n) is 4.66. The molecule has 2 bridgehead atoms. The van der Waals surface area contributed by atoms with Gasteiger partial charge in [-0.1, -0.05) is 12.2 Å². The number of allylic oxidation sites excluding steroid dienone is 2. The summed E-state index contributed by atoms with van der Waals surface area (Å²) in [4.78, 5) is 35.4. The van der Waals surface area contributed by atoms with Crippen LogP contribution in [0.25, 0.3) is 0 Å². The standard InChI is InChI=1S/C11H11NO4/c13-7(14)4-12-10(15)8-5-1-2-6(3-5)9(8)11(12)16/h1-2,5-6,8-9H,3-4H2,(H,13,14)/t5-,6+,8-,9-/m0/s1. The minimum absolute atomic E-state index is 0.144. The number of carboxylic acid groups (broad SMARTS) is 1. The largest absolute Gasteiger partial charge is 0.480 e. The molecule has 0 unspecified atom stereocenters. The molecule has 1 N–H and O–H groups in total. The first kappa shape index (κ1) is 9.57. The molecule has 16 heavy (non-hydrogen) atoms. The van der Waals surface area contributed by atoms with E-state index < -0.39 is 12.5 Å². The van der Waals surface area contributed by atoms with E-state index in [2.05, 4.69) is 0 Å². The molecule has 3 rings (SSSR count). The number of rotatable bonds is 2. The predicted molar refractivity (Wildman–Crippen MR) is 52.1 cm³/mol. The molecule has 0 aromatic rings. The molecular weight excluding hydrogens is 210 g/mol. The number of nitrogens with zero attached hydrogens (tertiary/aromatic N) is 1. The van der Waals surface area contributed by atoms with E-state index in [9.17, 15) is 14.4 Å². The molecule has 1 heterocycles. The molecule has 2 fully saturated rings. The minimum Gasteiger partial charge on any atom is -0.480 e. The van der Waals surface area contributed by atoms with Crippen LogP contribution in [-0.2, 0) is 14.4 Å². The molecule has 84 valence electrons. The fourth-order valence-corrected chi connectivity index (χ4v) is 3.26. The highest BCUT2D eigenvalue weighted by molar-refractivity contribution is 6.08. The molecule has 1 saturated carbocycles. The van der Waals surface area contributed by atoms with Crippen LogP contribution in [0, 0.1) is 23.7 Å². The summed E-state index contributed by atoms with van der Waals surface area (Å²) in [5.41, 5.74) is 0. The van der Waals surface area contributed by atoms with Crippen molar-refractivity contribution >= 4 is 17.8 Å². The average Bonchev–Trinajstić information content (AvgIpc) is 2.87. The Hall–Kier alpha value is -1.65. The van der Waals surface area contributed by atoms with Crippen LogP contribution >= 0.6 is 0 Å². The van der Waals surface area contributed by atoms with Crippen LogP contribution in [0.1, 0.15) is 6.42 Å². The molecule has 2 amide bonds. The van der Waals surface area contributed by atoms with Crippen LogP contribution in [-0.4, -0.2) is 34.3 Å². The van der Waals surface area contributed by atoms with Crippen molar-refractivity contribution in [3.63, 3.8) is 0 Å². The Morgan fingerprint density at radius 3 is 2.19 bits per heavy atom. The first-order chi connectivity index (χ1) is 7.59. The van der Waals surface area contributed by atoms with E-state index in [0.717, 1.165) is 11.3 Å². The SMILES string of the molecule is O=C(O)CN1C(=O)[C@@H]2[C@@H](C1=O)[C@H]1C=C[C@@H]2C1. The third kappa shape index (κ3) is 1.03. The quantitative estimate of drug-likeness (QED) is 0.521. The van der Waals surface area contributed by atoms with Crippen molar-refractivity contribution < 1.29 is 19.5 Å². The predicted octanol–water partition coefficient (Wildman–Crippen LogP) is -0.122. The van der Waals surface area contributed by atoms with Gasteiger partial charge < -0.3 is 5.11 Å². The summed E-state index contributed by atoms with van der Waals surface area (Å²) in [5, 5.41) is 8.66. The zero-order valence-corrected chi connectivity index (χ0v) is 8.50. The van der Waals surface area contributed by atoms with Gasteiger partial charge in [0.1, 0.15) is 6.54 Å². The van der Waals surface area contributed by atoms with E-state index in [1.807, 2.05) is 12.2 Å². The Bertz CT molecular complexity index is 398. The average molecular weight is 221 g/mol.